The molecule has 3 heteroatoms. The van der Waals surface area contributed by atoms with Gasteiger partial charge < -0.3 is 14.6 Å². The van der Waals surface area contributed by atoms with E-state index in [1.807, 2.05) is 6.07 Å². The van der Waals surface area contributed by atoms with Gasteiger partial charge in [-0.3, -0.25) is 0 Å². The summed E-state index contributed by atoms with van der Waals surface area (Å²) in [6.45, 7) is 3.71. The molecule has 108 valence electrons. The number of hydrogen-bond donors (Lipinski definition) is 1. The maximum atomic E-state index is 5.33. The van der Waals surface area contributed by atoms with E-state index in [9.17, 15) is 0 Å². The van der Waals surface area contributed by atoms with Crippen LogP contribution in [0.1, 0.15) is 31.2 Å². The maximum Gasteiger partial charge on any atom is 0.119 e. The number of rotatable bonds is 4. The van der Waals surface area contributed by atoms with Crippen LogP contribution >= 0.6 is 0 Å². The van der Waals surface area contributed by atoms with Crippen molar-refractivity contribution in [1.29, 1.82) is 0 Å². The highest BCUT2D eigenvalue weighted by Gasteiger charge is 2.10. The molecule has 1 fully saturated rings. The van der Waals surface area contributed by atoms with Crippen molar-refractivity contribution < 1.29 is 4.74 Å². The summed E-state index contributed by atoms with van der Waals surface area (Å²) in [7, 11) is 1.73. The van der Waals surface area contributed by atoms with Gasteiger partial charge in [-0.25, -0.2) is 0 Å². The van der Waals surface area contributed by atoms with Crippen LogP contribution in [0.4, 0.5) is 0 Å². The summed E-state index contributed by atoms with van der Waals surface area (Å²) in [6, 6.07) is 6.25. The van der Waals surface area contributed by atoms with Crippen LogP contribution < -0.4 is 4.74 Å². The van der Waals surface area contributed by atoms with Gasteiger partial charge in [0.15, 0.2) is 0 Å². The molecular weight excluding hydrogens is 248 g/mol. The second kappa shape index (κ2) is 6.31. The smallest absolute Gasteiger partial charge is 0.119 e. The summed E-state index contributed by atoms with van der Waals surface area (Å²) in [4.78, 5) is 5.98. The van der Waals surface area contributed by atoms with Crippen molar-refractivity contribution in [1.82, 2.24) is 9.88 Å². The highest BCUT2D eigenvalue weighted by Crippen LogP contribution is 2.24. The predicted molar refractivity (Wildman–Crippen MR) is 83.5 cm³/mol. The lowest BCUT2D eigenvalue weighted by Gasteiger charge is -2.19. The Balaban J connectivity index is 1.70. The van der Waals surface area contributed by atoms with Gasteiger partial charge in [-0.15, -0.1) is 0 Å². The molecule has 0 saturated carbocycles. The molecule has 0 amide bonds. The van der Waals surface area contributed by atoms with Crippen molar-refractivity contribution in [3.8, 4) is 5.75 Å². The van der Waals surface area contributed by atoms with Crippen molar-refractivity contribution in [2.75, 3.05) is 26.7 Å². The van der Waals surface area contributed by atoms with Gasteiger partial charge >= 0.3 is 0 Å². The van der Waals surface area contributed by atoms with E-state index in [0.717, 1.165) is 12.2 Å². The van der Waals surface area contributed by atoms with E-state index in [-0.39, 0.29) is 0 Å². The molecule has 1 saturated heterocycles. The van der Waals surface area contributed by atoms with Crippen LogP contribution in [0, 0.1) is 0 Å². The van der Waals surface area contributed by atoms with E-state index in [2.05, 4.69) is 28.2 Å². The van der Waals surface area contributed by atoms with E-state index in [0.29, 0.717) is 0 Å². The molecular formula is C17H24N2O. The van der Waals surface area contributed by atoms with Crippen LogP contribution in [0.25, 0.3) is 10.9 Å². The first-order valence-corrected chi connectivity index (χ1v) is 7.73. The van der Waals surface area contributed by atoms with Gasteiger partial charge in [-0.2, -0.15) is 0 Å². The average Bonchev–Trinajstić information content (AvgIpc) is 2.70. The van der Waals surface area contributed by atoms with Crippen molar-refractivity contribution in [2.45, 2.75) is 32.1 Å². The van der Waals surface area contributed by atoms with Crippen LogP contribution in [0.2, 0.25) is 0 Å². The van der Waals surface area contributed by atoms with Gasteiger partial charge in [0.1, 0.15) is 5.75 Å². The molecule has 2 heterocycles. The molecule has 0 spiro atoms. The molecule has 20 heavy (non-hydrogen) atoms. The third kappa shape index (κ3) is 2.98. The van der Waals surface area contributed by atoms with Gasteiger partial charge in [-0.1, -0.05) is 12.8 Å². The molecule has 1 aromatic carbocycles. The molecule has 0 unspecified atom stereocenters. The van der Waals surface area contributed by atoms with E-state index in [4.69, 9.17) is 4.74 Å². The van der Waals surface area contributed by atoms with Crippen molar-refractivity contribution in [3.63, 3.8) is 0 Å². The molecule has 3 rings (SSSR count). The first kappa shape index (κ1) is 13.5. The van der Waals surface area contributed by atoms with E-state index in [1.165, 1.54) is 61.8 Å². The molecule has 2 aromatic rings. The third-order valence-corrected chi connectivity index (χ3v) is 4.37. The number of H-pyrrole nitrogens is 1. The van der Waals surface area contributed by atoms with Gasteiger partial charge in [0, 0.05) is 23.6 Å². The molecule has 1 aliphatic rings. The average molecular weight is 272 g/mol. The van der Waals surface area contributed by atoms with E-state index in [1.54, 1.807) is 7.11 Å². The number of aromatic amines is 1. The Kier molecular flexibility index (Phi) is 4.26. The second-order valence-corrected chi connectivity index (χ2v) is 5.73. The maximum absolute atomic E-state index is 5.33. The fourth-order valence-corrected chi connectivity index (χ4v) is 3.13. The van der Waals surface area contributed by atoms with Crippen LogP contribution in [-0.4, -0.2) is 36.6 Å². The molecule has 1 aromatic heterocycles. The number of ether oxygens (including phenoxy) is 1. The molecule has 0 atom stereocenters. The zero-order chi connectivity index (χ0) is 13.8. The first-order valence-electron chi connectivity index (χ1n) is 7.73. The van der Waals surface area contributed by atoms with Gasteiger partial charge in [0.25, 0.3) is 0 Å². The second-order valence-electron chi connectivity index (χ2n) is 5.73. The summed E-state index contributed by atoms with van der Waals surface area (Å²) in [5.41, 5.74) is 2.61. The molecule has 1 aliphatic heterocycles. The Morgan fingerprint density at radius 3 is 2.70 bits per heavy atom. The highest BCUT2D eigenvalue weighted by atomic mass is 16.5. The minimum Gasteiger partial charge on any atom is -0.497 e. The lowest BCUT2D eigenvalue weighted by Crippen LogP contribution is -2.26. The fourth-order valence-electron chi connectivity index (χ4n) is 3.13. The lowest BCUT2D eigenvalue weighted by molar-refractivity contribution is 0.289. The molecule has 3 nitrogen and oxygen atoms in total. The highest BCUT2D eigenvalue weighted by molar-refractivity contribution is 5.84. The Hall–Kier alpha value is -1.48. The third-order valence-electron chi connectivity index (χ3n) is 4.37. The normalized spacial score (nSPS) is 17.2. The number of nitrogens with zero attached hydrogens (tertiary/aromatic N) is 1. The Morgan fingerprint density at radius 1 is 1.15 bits per heavy atom. The van der Waals surface area contributed by atoms with Gasteiger partial charge in [0.05, 0.1) is 7.11 Å². The Bertz CT molecular complexity index is 553. The number of nitrogens with one attached hydrogen (secondary N) is 1. The molecule has 0 radical (unpaired) electrons. The fraction of sp³-hybridized carbons (Fsp3) is 0.529. The van der Waals surface area contributed by atoms with Crippen LogP contribution in [-0.2, 0) is 6.42 Å². The van der Waals surface area contributed by atoms with Crippen LogP contribution in [0.15, 0.2) is 24.4 Å². The van der Waals surface area contributed by atoms with Crippen molar-refractivity contribution in [2.24, 2.45) is 0 Å². The Morgan fingerprint density at radius 2 is 1.95 bits per heavy atom. The van der Waals surface area contributed by atoms with Gasteiger partial charge in [0.2, 0.25) is 0 Å². The first-order chi connectivity index (χ1) is 9.86. The molecule has 1 N–H and O–H groups in total. The largest absolute Gasteiger partial charge is 0.497 e. The number of fused-ring (bicyclic) bond motifs is 1. The van der Waals surface area contributed by atoms with Crippen molar-refractivity contribution in [3.05, 3.63) is 30.0 Å². The Labute approximate surface area is 120 Å². The molecule has 0 aliphatic carbocycles. The van der Waals surface area contributed by atoms with E-state index < -0.39 is 0 Å². The van der Waals surface area contributed by atoms with Gasteiger partial charge in [-0.05, 0) is 56.1 Å². The monoisotopic (exact) mass is 272 g/mol. The summed E-state index contributed by atoms with van der Waals surface area (Å²) in [6.07, 6.45) is 8.81. The topological polar surface area (TPSA) is 28.3 Å². The standard InChI is InChI=1S/C17H24N2O/c1-20-15-6-7-17-16(12-15)14(13-18-17)8-11-19-9-4-2-3-5-10-19/h6-7,12-13,18H,2-5,8-11H2,1H3. The SMILES string of the molecule is COc1ccc2[nH]cc(CCN3CCCCCC3)c2c1. The number of aromatic nitrogens is 1. The zero-order valence-electron chi connectivity index (χ0n) is 12.3. The predicted octanol–water partition coefficient (Wildman–Crippen LogP) is 3.60. The number of likely N-dealkylation sites (tertiary alicyclic amines) is 1. The minimum absolute atomic E-state index is 0.938. The minimum atomic E-state index is 0.938. The summed E-state index contributed by atoms with van der Waals surface area (Å²) >= 11 is 0. The van der Waals surface area contributed by atoms with Crippen LogP contribution in [0.5, 0.6) is 5.75 Å². The summed E-state index contributed by atoms with van der Waals surface area (Å²) in [5, 5.41) is 1.30. The molecule has 0 bridgehead atoms. The van der Waals surface area contributed by atoms with Crippen LogP contribution in [0.3, 0.4) is 0 Å². The number of hydrogen-bond acceptors (Lipinski definition) is 2. The summed E-state index contributed by atoms with van der Waals surface area (Å²) < 4.78 is 5.33. The van der Waals surface area contributed by atoms with Crippen molar-refractivity contribution >= 4 is 10.9 Å². The number of benzene rings is 1. The quantitative estimate of drug-likeness (QED) is 0.921. The number of methoxy groups -OCH3 is 1. The summed E-state index contributed by atoms with van der Waals surface area (Å²) in [5.74, 6) is 0.938. The van der Waals surface area contributed by atoms with E-state index >= 15 is 0 Å². The zero-order valence-corrected chi connectivity index (χ0v) is 12.3. The lowest BCUT2D eigenvalue weighted by atomic mass is 10.1.